The number of carbonyl (C=O) groups is 1. The molecule has 29 heavy (non-hydrogen) atoms. The van der Waals surface area contributed by atoms with Crippen LogP contribution in [0.15, 0.2) is 65.5 Å². The second-order valence-electron chi connectivity index (χ2n) is 7.57. The van der Waals surface area contributed by atoms with Crippen LogP contribution in [0.5, 0.6) is 0 Å². The fourth-order valence-electron chi connectivity index (χ4n) is 3.05. The van der Waals surface area contributed by atoms with Gasteiger partial charge in [0.1, 0.15) is 0 Å². The number of benzene rings is 2. The number of nitrogens with zero attached hydrogens (tertiary/aromatic N) is 2. The van der Waals surface area contributed by atoms with Crippen molar-refractivity contribution in [3.63, 3.8) is 0 Å². The first kappa shape index (κ1) is 20.5. The SMILES string of the molecule is Cc1ccc(-c2ccc(=O)n(CCCC(=O)Nc3ccc(C(C)C)cc3)n2)cc1. The molecule has 0 spiro atoms. The molecule has 1 aromatic heterocycles. The zero-order valence-corrected chi connectivity index (χ0v) is 17.2. The average molecular weight is 389 g/mol. The number of rotatable bonds is 7. The molecule has 1 amide bonds. The quantitative estimate of drug-likeness (QED) is 0.634. The van der Waals surface area contributed by atoms with E-state index in [1.165, 1.54) is 21.9 Å². The summed E-state index contributed by atoms with van der Waals surface area (Å²) < 4.78 is 1.43. The Kier molecular flexibility index (Phi) is 6.60. The Hall–Kier alpha value is -3.21. The molecule has 5 heteroatoms. The van der Waals surface area contributed by atoms with Crippen molar-refractivity contribution in [3.8, 4) is 11.3 Å². The van der Waals surface area contributed by atoms with Gasteiger partial charge >= 0.3 is 0 Å². The predicted molar refractivity (Wildman–Crippen MR) is 117 cm³/mol. The van der Waals surface area contributed by atoms with Crippen molar-refractivity contribution in [1.29, 1.82) is 0 Å². The summed E-state index contributed by atoms with van der Waals surface area (Å²) in [6.07, 6.45) is 0.870. The van der Waals surface area contributed by atoms with Crippen LogP contribution in [-0.4, -0.2) is 15.7 Å². The van der Waals surface area contributed by atoms with Gasteiger partial charge in [0.25, 0.3) is 5.56 Å². The highest BCUT2D eigenvalue weighted by atomic mass is 16.1. The Morgan fingerprint density at radius 1 is 1.00 bits per heavy atom. The van der Waals surface area contributed by atoms with E-state index in [0.29, 0.717) is 25.3 Å². The minimum atomic E-state index is -0.162. The molecule has 0 aliphatic carbocycles. The van der Waals surface area contributed by atoms with Gasteiger partial charge in [-0.05, 0) is 43.0 Å². The van der Waals surface area contributed by atoms with Crippen molar-refractivity contribution in [3.05, 3.63) is 82.1 Å². The van der Waals surface area contributed by atoms with Gasteiger partial charge < -0.3 is 5.32 Å². The Balaban J connectivity index is 1.57. The van der Waals surface area contributed by atoms with E-state index in [4.69, 9.17) is 0 Å². The lowest BCUT2D eigenvalue weighted by Crippen LogP contribution is -2.23. The molecule has 0 aliphatic heterocycles. The fraction of sp³-hybridized carbons (Fsp3) is 0.292. The summed E-state index contributed by atoms with van der Waals surface area (Å²) >= 11 is 0. The van der Waals surface area contributed by atoms with Gasteiger partial charge in [0.15, 0.2) is 0 Å². The summed E-state index contributed by atoms with van der Waals surface area (Å²) in [5.74, 6) is 0.395. The molecule has 0 fully saturated rings. The number of nitrogens with one attached hydrogen (secondary N) is 1. The molecule has 0 saturated carbocycles. The number of aromatic nitrogens is 2. The van der Waals surface area contributed by atoms with Gasteiger partial charge in [-0.2, -0.15) is 5.10 Å². The Labute approximate surface area is 171 Å². The van der Waals surface area contributed by atoms with E-state index in [0.717, 1.165) is 16.9 Å². The number of anilines is 1. The lowest BCUT2D eigenvalue weighted by molar-refractivity contribution is -0.116. The lowest BCUT2D eigenvalue weighted by atomic mass is 10.0. The minimum Gasteiger partial charge on any atom is -0.326 e. The van der Waals surface area contributed by atoms with Crippen LogP contribution >= 0.6 is 0 Å². The normalized spacial score (nSPS) is 10.9. The number of amides is 1. The second kappa shape index (κ2) is 9.32. The zero-order chi connectivity index (χ0) is 20.8. The molecule has 2 aromatic carbocycles. The first-order chi connectivity index (χ1) is 13.9. The van der Waals surface area contributed by atoms with Crippen molar-refractivity contribution in [2.75, 3.05) is 5.32 Å². The van der Waals surface area contributed by atoms with E-state index < -0.39 is 0 Å². The number of aryl methyl sites for hydroxylation is 2. The van der Waals surface area contributed by atoms with Crippen LogP contribution in [0.2, 0.25) is 0 Å². The van der Waals surface area contributed by atoms with Crippen molar-refractivity contribution in [1.82, 2.24) is 9.78 Å². The van der Waals surface area contributed by atoms with E-state index in [1.54, 1.807) is 6.07 Å². The maximum atomic E-state index is 12.2. The molecule has 3 rings (SSSR count). The fourth-order valence-corrected chi connectivity index (χ4v) is 3.05. The summed E-state index contributed by atoms with van der Waals surface area (Å²) in [7, 11) is 0. The summed E-state index contributed by atoms with van der Waals surface area (Å²) in [4.78, 5) is 24.3. The van der Waals surface area contributed by atoms with Gasteiger partial charge in [-0.15, -0.1) is 0 Å². The van der Waals surface area contributed by atoms with Crippen molar-refractivity contribution < 1.29 is 4.79 Å². The predicted octanol–water partition coefficient (Wildman–Crippen LogP) is 4.76. The standard InChI is InChI=1S/C24H27N3O2/c1-17(2)19-10-12-21(13-11-19)25-23(28)5-4-16-27-24(29)15-14-22(26-27)20-8-6-18(3)7-9-20/h6-15,17H,4-5,16H2,1-3H3,(H,25,28). The highest BCUT2D eigenvalue weighted by Gasteiger charge is 2.07. The Morgan fingerprint density at radius 3 is 2.34 bits per heavy atom. The third-order valence-corrected chi connectivity index (χ3v) is 4.85. The molecule has 0 atom stereocenters. The molecule has 0 radical (unpaired) electrons. The monoisotopic (exact) mass is 389 g/mol. The highest BCUT2D eigenvalue weighted by molar-refractivity contribution is 5.90. The van der Waals surface area contributed by atoms with Crippen LogP contribution in [0, 0.1) is 6.92 Å². The summed E-state index contributed by atoms with van der Waals surface area (Å²) in [6, 6.07) is 19.2. The average Bonchev–Trinajstić information content (AvgIpc) is 2.70. The summed E-state index contributed by atoms with van der Waals surface area (Å²) in [5.41, 5.74) is 4.75. The van der Waals surface area contributed by atoms with E-state index in [-0.39, 0.29) is 11.5 Å². The second-order valence-corrected chi connectivity index (χ2v) is 7.57. The molecule has 1 N–H and O–H groups in total. The molecule has 5 nitrogen and oxygen atoms in total. The molecule has 150 valence electrons. The molecule has 0 unspecified atom stereocenters. The number of hydrogen-bond acceptors (Lipinski definition) is 3. The minimum absolute atomic E-state index is 0.0648. The van der Waals surface area contributed by atoms with Crippen LogP contribution in [0.3, 0.4) is 0 Å². The van der Waals surface area contributed by atoms with Crippen LogP contribution in [0.25, 0.3) is 11.3 Å². The third kappa shape index (κ3) is 5.64. The van der Waals surface area contributed by atoms with Gasteiger partial charge in [-0.1, -0.05) is 55.8 Å². The van der Waals surface area contributed by atoms with Crippen molar-refractivity contribution in [2.24, 2.45) is 0 Å². The number of hydrogen-bond donors (Lipinski definition) is 1. The Bertz CT molecular complexity index is 1020. The molecule has 1 heterocycles. The number of carbonyl (C=O) groups excluding carboxylic acids is 1. The summed E-state index contributed by atoms with van der Waals surface area (Å²) in [6.45, 7) is 6.70. The molecule has 0 bridgehead atoms. The van der Waals surface area contributed by atoms with Gasteiger partial charge in [-0.25, -0.2) is 4.68 Å². The Morgan fingerprint density at radius 2 is 1.69 bits per heavy atom. The molecule has 3 aromatic rings. The molecule has 0 saturated heterocycles. The largest absolute Gasteiger partial charge is 0.326 e. The van der Waals surface area contributed by atoms with E-state index in [1.807, 2.05) is 55.5 Å². The van der Waals surface area contributed by atoms with Crippen LogP contribution in [-0.2, 0) is 11.3 Å². The van der Waals surface area contributed by atoms with Crippen LogP contribution in [0.1, 0.15) is 43.7 Å². The first-order valence-corrected chi connectivity index (χ1v) is 9.97. The first-order valence-electron chi connectivity index (χ1n) is 9.97. The topological polar surface area (TPSA) is 64.0 Å². The van der Waals surface area contributed by atoms with E-state index >= 15 is 0 Å². The zero-order valence-electron chi connectivity index (χ0n) is 17.2. The van der Waals surface area contributed by atoms with Crippen LogP contribution in [0.4, 0.5) is 5.69 Å². The van der Waals surface area contributed by atoms with Crippen molar-refractivity contribution in [2.45, 2.75) is 46.1 Å². The van der Waals surface area contributed by atoms with Crippen molar-refractivity contribution >= 4 is 11.6 Å². The van der Waals surface area contributed by atoms with E-state index in [9.17, 15) is 9.59 Å². The molecular formula is C24H27N3O2. The smallest absolute Gasteiger partial charge is 0.266 e. The van der Waals surface area contributed by atoms with Gasteiger partial charge in [0.2, 0.25) is 5.91 Å². The van der Waals surface area contributed by atoms with Crippen LogP contribution < -0.4 is 10.9 Å². The third-order valence-electron chi connectivity index (χ3n) is 4.85. The summed E-state index contributed by atoms with van der Waals surface area (Å²) in [5, 5.41) is 7.36. The molecular weight excluding hydrogens is 362 g/mol. The van der Waals surface area contributed by atoms with Gasteiger partial charge in [0, 0.05) is 30.3 Å². The maximum absolute atomic E-state index is 12.2. The highest BCUT2D eigenvalue weighted by Crippen LogP contribution is 2.18. The van der Waals surface area contributed by atoms with Gasteiger partial charge in [-0.3, -0.25) is 9.59 Å². The van der Waals surface area contributed by atoms with E-state index in [2.05, 4.69) is 24.3 Å². The van der Waals surface area contributed by atoms with Gasteiger partial charge in [0.05, 0.1) is 5.69 Å². The maximum Gasteiger partial charge on any atom is 0.266 e. The molecule has 0 aliphatic rings. The lowest BCUT2D eigenvalue weighted by Gasteiger charge is -2.09.